The van der Waals surface area contributed by atoms with E-state index < -0.39 is 0 Å². The number of hydrogen-bond acceptors (Lipinski definition) is 4. The van der Waals surface area contributed by atoms with Crippen LogP contribution in [-0.4, -0.2) is 41.4 Å². The van der Waals surface area contributed by atoms with Gasteiger partial charge < -0.3 is 10.2 Å². The van der Waals surface area contributed by atoms with E-state index in [0.29, 0.717) is 17.2 Å². The Morgan fingerprint density at radius 2 is 1.75 bits per heavy atom. The Morgan fingerprint density at radius 1 is 1.04 bits per heavy atom. The van der Waals surface area contributed by atoms with Gasteiger partial charge in [-0.2, -0.15) is 0 Å². The van der Waals surface area contributed by atoms with E-state index in [1.807, 2.05) is 68.7 Å². The second kappa shape index (κ2) is 9.57. The molecule has 2 aromatic carbocycles. The number of benzene rings is 2. The molecule has 0 saturated carbocycles. The van der Waals surface area contributed by atoms with Gasteiger partial charge in [0.1, 0.15) is 5.69 Å². The van der Waals surface area contributed by atoms with E-state index in [1.54, 1.807) is 6.07 Å². The quantitative estimate of drug-likeness (QED) is 0.582. The fraction of sp³-hybridized carbons (Fsp3) is 0.227. The summed E-state index contributed by atoms with van der Waals surface area (Å²) < 4.78 is 0.826. The van der Waals surface area contributed by atoms with Crippen LogP contribution in [0, 0.1) is 0 Å². The van der Waals surface area contributed by atoms with Crippen LogP contribution in [0.1, 0.15) is 22.6 Å². The van der Waals surface area contributed by atoms with Crippen molar-refractivity contribution >= 4 is 27.5 Å². The fourth-order valence-corrected chi connectivity index (χ4v) is 3.17. The summed E-state index contributed by atoms with van der Waals surface area (Å²) in [4.78, 5) is 24.2. The van der Waals surface area contributed by atoms with Crippen LogP contribution in [0.5, 0.6) is 0 Å². The Balaban J connectivity index is 1.90. The summed E-state index contributed by atoms with van der Waals surface area (Å²) in [5.41, 5.74) is 2.84. The standard InChI is InChI=1S/C22H23BrN4O/c1-27(2)14-8-11-17-15-20(22(28)26-19-13-7-6-12-18(19)23)25-21(24-17)16-9-4-3-5-10-16/h3-7,9-10,12-13,15H,8,11,14H2,1-2H3,(H,26,28). The summed E-state index contributed by atoms with van der Waals surface area (Å²) in [6.07, 6.45) is 1.75. The molecule has 3 rings (SSSR count). The van der Waals surface area contributed by atoms with Crippen LogP contribution < -0.4 is 5.32 Å². The molecule has 0 saturated heterocycles. The molecule has 0 aliphatic heterocycles. The summed E-state index contributed by atoms with van der Waals surface area (Å²) in [5.74, 6) is 0.320. The van der Waals surface area contributed by atoms with Gasteiger partial charge in [-0.1, -0.05) is 42.5 Å². The van der Waals surface area contributed by atoms with Crippen molar-refractivity contribution in [1.82, 2.24) is 14.9 Å². The summed E-state index contributed by atoms with van der Waals surface area (Å²) in [6, 6.07) is 19.0. The minimum Gasteiger partial charge on any atom is -0.320 e. The molecule has 0 aliphatic rings. The van der Waals surface area contributed by atoms with Gasteiger partial charge in [0.2, 0.25) is 0 Å². The second-order valence-electron chi connectivity index (χ2n) is 6.77. The number of aryl methyl sites for hydroxylation is 1. The molecule has 1 amide bonds. The van der Waals surface area contributed by atoms with E-state index in [4.69, 9.17) is 0 Å². The number of carbonyl (C=O) groups excluding carboxylic acids is 1. The molecule has 3 aromatic rings. The number of para-hydroxylation sites is 1. The molecule has 1 N–H and O–H groups in total. The van der Waals surface area contributed by atoms with Crippen LogP contribution in [-0.2, 0) is 6.42 Å². The van der Waals surface area contributed by atoms with Crippen LogP contribution in [0.25, 0.3) is 11.4 Å². The zero-order chi connectivity index (χ0) is 19.9. The highest BCUT2D eigenvalue weighted by Gasteiger charge is 2.14. The smallest absolute Gasteiger partial charge is 0.274 e. The van der Waals surface area contributed by atoms with Gasteiger partial charge >= 0.3 is 0 Å². The van der Waals surface area contributed by atoms with E-state index in [0.717, 1.165) is 35.1 Å². The topological polar surface area (TPSA) is 58.1 Å². The fourth-order valence-electron chi connectivity index (χ4n) is 2.78. The first-order chi connectivity index (χ1) is 13.5. The molecule has 1 heterocycles. The van der Waals surface area contributed by atoms with Gasteiger partial charge in [0.05, 0.1) is 5.69 Å². The molecule has 0 fully saturated rings. The van der Waals surface area contributed by atoms with E-state index in [1.165, 1.54) is 0 Å². The monoisotopic (exact) mass is 438 g/mol. The Hall–Kier alpha value is -2.57. The molecule has 0 unspecified atom stereocenters. The van der Waals surface area contributed by atoms with Crippen LogP contribution in [0.3, 0.4) is 0 Å². The first-order valence-corrected chi connectivity index (χ1v) is 9.96. The van der Waals surface area contributed by atoms with Crippen molar-refractivity contribution in [1.29, 1.82) is 0 Å². The third kappa shape index (κ3) is 5.47. The molecule has 0 aliphatic carbocycles. The number of aromatic nitrogens is 2. The van der Waals surface area contributed by atoms with Gasteiger partial charge in [-0.3, -0.25) is 4.79 Å². The maximum absolute atomic E-state index is 12.9. The van der Waals surface area contributed by atoms with Gasteiger partial charge in [0, 0.05) is 15.7 Å². The Bertz CT molecular complexity index is 944. The average Bonchev–Trinajstić information content (AvgIpc) is 2.70. The third-order valence-corrected chi connectivity index (χ3v) is 4.90. The van der Waals surface area contributed by atoms with Gasteiger partial charge in [-0.25, -0.2) is 9.97 Å². The van der Waals surface area contributed by atoms with Crippen molar-refractivity contribution in [3.8, 4) is 11.4 Å². The van der Waals surface area contributed by atoms with Crippen molar-refractivity contribution in [2.24, 2.45) is 0 Å². The SMILES string of the molecule is CN(C)CCCc1cc(C(=O)Nc2ccccc2Br)nc(-c2ccccc2)n1. The molecule has 0 spiro atoms. The number of anilines is 1. The van der Waals surface area contributed by atoms with Gasteiger partial charge in [-0.15, -0.1) is 0 Å². The minimum absolute atomic E-state index is 0.250. The van der Waals surface area contributed by atoms with Crippen LogP contribution in [0.4, 0.5) is 5.69 Å². The van der Waals surface area contributed by atoms with E-state index >= 15 is 0 Å². The predicted octanol–water partition coefficient (Wildman–Crippen LogP) is 4.65. The number of nitrogens with one attached hydrogen (secondary N) is 1. The van der Waals surface area contributed by atoms with Crippen LogP contribution >= 0.6 is 15.9 Å². The third-order valence-electron chi connectivity index (χ3n) is 4.20. The van der Waals surface area contributed by atoms with Crippen LogP contribution in [0.15, 0.2) is 65.1 Å². The zero-order valence-corrected chi connectivity index (χ0v) is 17.6. The van der Waals surface area contributed by atoms with Gasteiger partial charge in [-0.05, 0) is 67.6 Å². The van der Waals surface area contributed by atoms with Gasteiger partial charge in [0.15, 0.2) is 5.82 Å². The lowest BCUT2D eigenvalue weighted by atomic mass is 10.1. The normalized spacial score (nSPS) is 10.9. The summed E-state index contributed by atoms with van der Waals surface area (Å²) in [7, 11) is 4.10. The lowest BCUT2D eigenvalue weighted by molar-refractivity contribution is 0.102. The Labute approximate surface area is 174 Å². The number of nitrogens with zero attached hydrogens (tertiary/aromatic N) is 3. The van der Waals surface area contributed by atoms with E-state index in [2.05, 4.69) is 36.1 Å². The molecule has 0 atom stereocenters. The summed E-state index contributed by atoms with van der Waals surface area (Å²) in [5, 5.41) is 2.92. The van der Waals surface area contributed by atoms with E-state index in [9.17, 15) is 4.79 Å². The maximum Gasteiger partial charge on any atom is 0.274 e. The Kier molecular flexibility index (Phi) is 6.90. The first-order valence-electron chi connectivity index (χ1n) is 9.17. The van der Waals surface area contributed by atoms with Crippen molar-refractivity contribution < 1.29 is 4.79 Å². The van der Waals surface area contributed by atoms with Crippen molar-refractivity contribution in [3.63, 3.8) is 0 Å². The van der Waals surface area contributed by atoms with Crippen molar-refractivity contribution in [3.05, 3.63) is 76.5 Å². The minimum atomic E-state index is -0.250. The van der Waals surface area contributed by atoms with Crippen molar-refractivity contribution in [2.75, 3.05) is 26.0 Å². The highest BCUT2D eigenvalue weighted by atomic mass is 79.9. The molecule has 1 aromatic heterocycles. The number of hydrogen-bond donors (Lipinski definition) is 1. The first kappa shape index (κ1) is 20.2. The molecule has 144 valence electrons. The average molecular weight is 439 g/mol. The molecule has 6 heteroatoms. The van der Waals surface area contributed by atoms with E-state index in [-0.39, 0.29) is 5.91 Å². The lowest BCUT2D eigenvalue weighted by Gasteiger charge is -2.11. The number of halogens is 1. The zero-order valence-electron chi connectivity index (χ0n) is 16.0. The predicted molar refractivity (Wildman–Crippen MR) is 116 cm³/mol. The number of amides is 1. The molecule has 0 bridgehead atoms. The lowest BCUT2D eigenvalue weighted by Crippen LogP contribution is -2.17. The van der Waals surface area contributed by atoms with Crippen LogP contribution in [0.2, 0.25) is 0 Å². The largest absolute Gasteiger partial charge is 0.320 e. The molecule has 28 heavy (non-hydrogen) atoms. The summed E-state index contributed by atoms with van der Waals surface area (Å²) >= 11 is 3.46. The molecule has 0 radical (unpaired) electrons. The summed E-state index contributed by atoms with van der Waals surface area (Å²) in [6.45, 7) is 0.961. The number of rotatable bonds is 7. The molecular formula is C22H23BrN4O. The Morgan fingerprint density at radius 3 is 2.46 bits per heavy atom. The highest BCUT2D eigenvalue weighted by Crippen LogP contribution is 2.22. The molecular weight excluding hydrogens is 416 g/mol. The maximum atomic E-state index is 12.9. The van der Waals surface area contributed by atoms with Gasteiger partial charge in [0.25, 0.3) is 5.91 Å². The highest BCUT2D eigenvalue weighted by molar-refractivity contribution is 9.10. The second-order valence-corrected chi connectivity index (χ2v) is 7.63. The number of carbonyl (C=O) groups is 1. The van der Waals surface area contributed by atoms with Crippen molar-refractivity contribution in [2.45, 2.75) is 12.8 Å². The molecule has 5 nitrogen and oxygen atoms in total.